The molecular weight excluding hydrogens is 210 g/mol. The highest BCUT2D eigenvalue weighted by Crippen LogP contribution is 2.20. The van der Waals surface area contributed by atoms with E-state index in [0.717, 1.165) is 24.9 Å². The number of hydrogen-bond donors (Lipinski definition) is 0. The molecule has 0 aromatic heterocycles. The lowest BCUT2D eigenvalue weighted by Gasteiger charge is -2.34. The molecular formula is C15H19NO. The fourth-order valence-corrected chi connectivity index (χ4v) is 2.38. The lowest BCUT2D eigenvalue weighted by Crippen LogP contribution is -2.42. The van der Waals surface area contributed by atoms with Crippen LogP contribution in [0.15, 0.2) is 42.5 Å². The van der Waals surface area contributed by atoms with Crippen LogP contribution in [-0.2, 0) is 0 Å². The van der Waals surface area contributed by atoms with Gasteiger partial charge in [0, 0.05) is 12.1 Å². The second kappa shape index (κ2) is 5.67. The topological polar surface area (TPSA) is 20.3 Å². The molecule has 1 aromatic carbocycles. The monoisotopic (exact) mass is 229 g/mol. The largest absolute Gasteiger partial charge is 0.332 e. The molecule has 2 rings (SSSR count). The van der Waals surface area contributed by atoms with Crippen molar-refractivity contribution in [3.05, 3.63) is 48.0 Å². The molecule has 1 aliphatic heterocycles. The molecule has 1 atom stereocenters. The van der Waals surface area contributed by atoms with Crippen molar-refractivity contribution in [1.82, 2.24) is 4.90 Å². The smallest absolute Gasteiger partial charge is 0.254 e. The number of benzene rings is 1. The summed E-state index contributed by atoms with van der Waals surface area (Å²) in [6, 6.07) is 9.84. The standard InChI is InChI=1S/C15H19NO/c1-2-8-14-11-6-7-12-16(14)15(17)13-9-4-3-5-10-13/h2-5,8-10,14H,6-7,11-12H2,1H3/b8-2+. The average molecular weight is 229 g/mol. The van der Waals surface area contributed by atoms with E-state index in [-0.39, 0.29) is 11.9 Å². The van der Waals surface area contributed by atoms with Crippen molar-refractivity contribution in [2.45, 2.75) is 32.2 Å². The van der Waals surface area contributed by atoms with Gasteiger partial charge in [0.2, 0.25) is 0 Å². The molecule has 0 spiro atoms. The number of carbonyl (C=O) groups is 1. The Bertz CT molecular complexity index is 397. The number of rotatable bonds is 2. The lowest BCUT2D eigenvalue weighted by atomic mass is 10.0. The van der Waals surface area contributed by atoms with Gasteiger partial charge in [-0.15, -0.1) is 0 Å². The van der Waals surface area contributed by atoms with Gasteiger partial charge in [0.1, 0.15) is 0 Å². The van der Waals surface area contributed by atoms with Gasteiger partial charge in [-0.3, -0.25) is 4.79 Å². The molecule has 1 saturated heterocycles. The van der Waals surface area contributed by atoms with E-state index >= 15 is 0 Å². The zero-order valence-electron chi connectivity index (χ0n) is 10.3. The molecule has 1 unspecified atom stereocenters. The first-order chi connectivity index (χ1) is 8.33. The van der Waals surface area contributed by atoms with Gasteiger partial charge in [-0.2, -0.15) is 0 Å². The highest BCUT2D eigenvalue weighted by Gasteiger charge is 2.25. The Kier molecular flexibility index (Phi) is 3.97. The van der Waals surface area contributed by atoms with Gasteiger partial charge >= 0.3 is 0 Å². The molecule has 2 heteroatoms. The van der Waals surface area contributed by atoms with Crippen molar-refractivity contribution >= 4 is 5.91 Å². The summed E-state index contributed by atoms with van der Waals surface area (Å²) < 4.78 is 0. The summed E-state index contributed by atoms with van der Waals surface area (Å²) in [4.78, 5) is 14.4. The maximum atomic E-state index is 12.4. The summed E-state index contributed by atoms with van der Waals surface area (Å²) in [7, 11) is 0. The number of hydrogen-bond acceptors (Lipinski definition) is 1. The fourth-order valence-electron chi connectivity index (χ4n) is 2.38. The Morgan fingerprint density at radius 3 is 2.76 bits per heavy atom. The first kappa shape index (κ1) is 11.9. The van der Waals surface area contributed by atoms with Crippen LogP contribution in [-0.4, -0.2) is 23.4 Å². The summed E-state index contributed by atoms with van der Waals surface area (Å²) in [6.07, 6.45) is 7.60. The van der Waals surface area contributed by atoms with E-state index in [4.69, 9.17) is 0 Å². The Balaban J connectivity index is 2.17. The molecule has 90 valence electrons. The number of likely N-dealkylation sites (tertiary alicyclic amines) is 1. The average Bonchev–Trinajstić information content (AvgIpc) is 2.40. The summed E-state index contributed by atoms with van der Waals surface area (Å²) in [5.41, 5.74) is 0.795. The highest BCUT2D eigenvalue weighted by molar-refractivity contribution is 5.94. The van der Waals surface area contributed by atoms with Gasteiger partial charge in [0.15, 0.2) is 0 Å². The van der Waals surface area contributed by atoms with E-state index in [1.807, 2.05) is 48.2 Å². The molecule has 1 amide bonds. The van der Waals surface area contributed by atoms with Gasteiger partial charge < -0.3 is 4.90 Å². The maximum Gasteiger partial charge on any atom is 0.254 e. The normalized spacial score (nSPS) is 20.8. The van der Waals surface area contributed by atoms with Crippen LogP contribution < -0.4 is 0 Å². The van der Waals surface area contributed by atoms with Crippen molar-refractivity contribution in [1.29, 1.82) is 0 Å². The van der Waals surface area contributed by atoms with E-state index < -0.39 is 0 Å². The molecule has 1 aromatic rings. The molecule has 0 bridgehead atoms. The Labute approximate surface area is 103 Å². The minimum absolute atomic E-state index is 0.161. The van der Waals surface area contributed by atoms with E-state index in [1.54, 1.807) is 0 Å². The summed E-state index contributed by atoms with van der Waals surface area (Å²) in [5.74, 6) is 0.161. The molecule has 1 aliphatic rings. The van der Waals surface area contributed by atoms with Gasteiger partial charge in [-0.25, -0.2) is 0 Å². The molecule has 0 aliphatic carbocycles. The summed E-state index contributed by atoms with van der Waals surface area (Å²) in [5, 5.41) is 0. The van der Waals surface area contributed by atoms with Gasteiger partial charge in [-0.05, 0) is 38.3 Å². The molecule has 0 saturated carbocycles. The second-order valence-electron chi connectivity index (χ2n) is 4.45. The third kappa shape index (κ3) is 2.76. The lowest BCUT2D eigenvalue weighted by molar-refractivity contribution is 0.0664. The van der Waals surface area contributed by atoms with E-state index in [2.05, 4.69) is 6.08 Å². The van der Waals surface area contributed by atoms with Crippen LogP contribution in [0, 0.1) is 0 Å². The Hall–Kier alpha value is -1.57. The number of allylic oxidation sites excluding steroid dienone is 1. The first-order valence-electron chi connectivity index (χ1n) is 6.32. The van der Waals surface area contributed by atoms with Crippen molar-refractivity contribution < 1.29 is 4.79 Å². The molecule has 0 radical (unpaired) electrons. The van der Waals surface area contributed by atoms with Crippen molar-refractivity contribution in [3.63, 3.8) is 0 Å². The molecule has 2 nitrogen and oxygen atoms in total. The van der Waals surface area contributed by atoms with Crippen LogP contribution in [0.5, 0.6) is 0 Å². The third-order valence-electron chi connectivity index (χ3n) is 3.25. The SMILES string of the molecule is C/C=C/C1CCCCN1C(=O)c1ccccc1. The van der Waals surface area contributed by atoms with Gasteiger partial charge in [0.25, 0.3) is 5.91 Å². The molecule has 17 heavy (non-hydrogen) atoms. The zero-order valence-corrected chi connectivity index (χ0v) is 10.3. The highest BCUT2D eigenvalue weighted by atomic mass is 16.2. The molecule has 1 heterocycles. The van der Waals surface area contributed by atoms with Crippen molar-refractivity contribution in [2.75, 3.05) is 6.54 Å². The predicted molar refractivity (Wildman–Crippen MR) is 69.9 cm³/mol. The molecule has 1 fully saturated rings. The van der Waals surface area contributed by atoms with E-state index in [1.165, 1.54) is 6.42 Å². The summed E-state index contributed by atoms with van der Waals surface area (Å²) >= 11 is 0. The van der Waals surface area contributed by atoms with E-state index in [9.17, 15) is 4.79 Å². The second-order valence-corrected chi connectivity index (χ2v) is 4.45. The van der Waals surface area contributed by atoms with Crippen molar-refractivity contribution in [2.24, 2.45) is 0 Å². The quantitative estimate of drug-likeness (QED) is 0.713. The van der Waals surface area contributed by atoms with Crippen LogP contribution in [0.4, 0.5) is 0 Å². The van der Waals surface area contributed by atoms with Crippen LogP contribution in [0.2, 0.25) is 0 Å². The predicted octanol–water partition coefficient (Wildman–Crippen LogP) is 3.26. The number of amides is 1. The minimum atomic E-state index is 0.161. The third-order valence-corrected chi connectivity index (χ3v) is 3.25. The number of nitrogens with zero attached hydrogens (tertiary/aromatic N) is 1. The van der Waals surface area contributed by atoms with E-state index in [0.29, 0.717) is 0 Å². The number of carbonyl (C=O) groups excluding carboxylic acids is 1. The minimum Gasteiger partial charge on any atom is -0.332 e. The van der Waals surface area contributed by atoms with Crippen LogP contribution in [0.25, 0.3) is 0 Å². The van der Waals surface area contributed by atoms with Gasteiger partial charge in [0.05, 0.1) is 6.04 Å². The first-order valence-corrected chi connectivity index (χ1v) is 6.32. The van der Waals surface area contributed by atoms with Gasteiger partial charge in [-0.1, -0.05) is 30.4 Å². The van der Waals surface area contributed by atoms with Crippen molar-refractivity contribution in [3.8, 4) is 0 Å². The van der Waals surface area contributed by atoms with Crippen LogP contribution >= 0.6 is 0 Å². The Morgan fingerprint density at radius 2 is 2.06 bits per heavy atom. The summed E-state index contributed by atoms with van der Waals surface area (Å²) in [6.45, 7) is 2.89. The van der Waals surface area contributed by atoms with Crippen LogP contribution in [0.1, 0.15) is 36.5 Å². The molecule has 0 N–H and O–H groups in total. The fraction of sp³-hybridized carbons (Fsp3) is 0.400. The zero-order chi connectivity index (χ0) is 12.1. The maximum absolute atomic E-state index is 12.4. The van der Waals surface area contributed by atoms with Crippen LogP contribution in [0.3, 0.4) is 0 Å². The Morgan fingerprint density at radius 1 is 1.29 bits per heavy atom. The number of piperidine rings is 1.